The van der Waals surface area contributed by atoms with Gasteiger partial charge in [0.2, 0.25) is 5.91 Å². The van der Waals surface area contributed by atoms with Gasteiger partial charge in [-0.1, -0.05) is 41.7 Å². The normalized spacial score (nSPS) is 19.3. The lowest BCUT2D eigenvalue weighted by Crippen LogP contribution is -2.56. The van der Waals surface area contributed by atoms with Crippen molar-refractivity contribution in [3.05, 3.63) is 68.7 Å². The molecule has 3 rings (SSSR count). The van der Waals surface area contributed by atoms with E-state index in [1.807, 2.05) is 30.3 Å². The maximum atomic E-state index is 12.8. The number of rotatable bonds is 4. The van der Waals surface area contributed by atoms with Crippen LogP contribution in [0, 0.1) is 10.1 Å². The fraction of sp³-hybridized carbons (Fsp3) is 0.222. The Balaban J connectivity index is 1.91. The quantitative estimate of drug-likeness (QED) is 0.470. The second kappa shape index (κ2) is 7.09. The van der Waals surface area contributed by atoms with Crippen molar-refractivity contribution >= 4 is 34.2 Å². The SMILES string of the molecule is CN1C(=O)C(Cc2ccccc2)N(C)C(=O)C1=Cc1ccsc1[N+](=O)[O-]. The molecule has 2 heterocycles. The van der Waals surface area contributed by atoms with E-state index in [1.54, 1.807) is 18.5 Å². The summed E-state index contributed by atoms with van der Waals surface area (Å²) < 4.78 is 0. The number of thiophene rings is 1. The van der Waals surface area contributed by atoms with Crippen LogP contribution in [0.25, 0.3) is 6.08 Å². The molecule has 8 heteroatoms. The van der Waals surface area contributed by atoms with E-state index in [4.69, 9.17) is 0 Å². The molecule has 1 aliphatic rings. The molecule has 0 aliphatic carbocycles. The van der Waals surface area contributed by atoms with Crippen molar-refractivity contribution in [2.24, 2.45) is 0 Å². The molecule has 1 aromatic carbocycles. The molecule has 1 aliphatic heterocycles. The van der Waals surface area contributed by atoms with Gasteiger partial charge in [-0.15, -0.1) is 0 Å². The summed E-state index contributed by atoms with van der Waals surface area (Å²) in [6.07, 6.45) is 1.82. The van der Waals surface area contributed by atoms with Crippen molar-refractivity contribution in [1.82, 2.24) is 9.80 Å². The van der Waals surface area contributed by atoms with Gasteiger partial charge in [-0.3, -0.25) is 19.7 Å². The molecule has 2 aromatic rings. The van der Waals surface area contributed by atoms with Gasteiger partial charge in [-0.05, 0) is 23.1 Å². The zero-order valence-corrected chi connectivity index (χ0v) is 15.1. The summed E-state index contributed by atoms with van der Waals surface area (Å²) >= 11 is 0.981. The summed E-state index contributed by atoms with van der Waals surface area (Å²) in [5.41, 5.74) is 1.40. The standard InChI is InChI=1S/C18H17N3O4S/c1-19-14(10-12-6-4-3-5-7-12)16(22)20(2)15(17(19)23)11-13-8-9-26-18(13)21(24)25/h3-9,11,14H,10H2,1-2H3. The van der Waals surface area contributed by atoms with Crippen molar-refractivity contribution in [1.29, 1.82) is 0 Å². The van der Waals surface area contributed by atoms with Crippen LogP contribution in [0.5, 0.6) is 0 Å². The lowest BCUT2D eigenvalue weighted by Gasteiger charge is -2.38. The number of benzene rings is 1. The first-order valence-corrected chi connectivity index (χ1v) is 8.80. The molecule has 1 saturated heterocycles. The Morgan fingerprint density at radius 1 is 1.19 bits per heavy atom. The van der Waals surface area contributed by atoms with Crippen LogP contribution >= 0.6 is 11.3 Å². The summed E-state index contributed by atoms with van der Waals surface area (Å²) in [4.78, 5) is 38.9. The van der Waals surface area contributed by atoms with Gasteiger partial charge in [0.05, 0.1) is 10.5 Å². The smallest absolute Gasteiger partial charge is 0.328 e. The third-order valence-corrected chi connectivity index (χ3v) is 5.27. The van der Waals surface area contributed by atoms with E-state index < -0.39 is 11.0 Å². The minimum Gasteiger partial charge on any atom is -0.328 e. The highest BCUT2D eigenvalue weighted by atomic mass is 32.1. The molecule has 0 N–H and O–H groups in total. The van der Waals surface area contributed by atoms with Gasteiger partial charge in [-0.2, -0.15) is 0 Å². The highest BCUT2D eigenvalue weighted by Gasteiger charge is 2.39. The van der Waals surface area contributed by atoms with Crippen molar-refractivity contribution < 1.29 is 14.5 Å². The Hall–Kier alpha value is -3.00. The molecule has 2 amide bonds. The van der Waals surface area contributed by atoms with Crippen molar-refractivity contribution in [3.63, 3.8) is 0 Å². The summed E-state index contributed by atoms with van der Waals surface area (Å²) in [5.74, 6) is -0.561. The minimum absolute atomic E-state index is 0.0554. The average molecular weight is 371 g/mol. The second-order valence-electron chi connectivity index (χ2n) is 5.99. The molecular formula is C18H17N3O4S. The van der Waals surface area contributed by atoms with E-state index in [9.17, 15) is 19.7 Å². The third kappa shape index (κ3) is 3.23. The number of hydrogen-bond acceptors (Lipinski definition) is 5. The van der Waals surface area contributed by atoms with Gasteiger partial charge in [0.25, 0.3) is 5.91 Å². The Kier molecular flexibility index (Phi) is 4.85. The van der Waals surface area contributed by atoms with E-state index >= 15 is 0 Å². The lowest BCUT2D eigenvalue weighted by molar-refractivity contribution is -0.380. The van der Waals surface area contributed by atoms with Gasteiger partial charge in [0.1, 0.15) is 11.7 Å². The van der Waals surface area contributed by atoms with Gasteiger partial charge < -0.3 is 9.80 Å². The van der Waals surface area contributed by atoms with Gasteiger partial charge in [0.15, 0.2) is 0 Å². The van der Waals surface area contributed by atoms with Crippen LogP contribution in [-0.2, 0) is 16.0 Å². The Morgan fingerprint density at radius 2 is 1.88 bits per heavy atom. The number of carbonyl (C=O) groups is 2. The second-order valence-corrected chi connectivity index (χ2v) is 6.88. The van der Waals surface area contributed by atoms with Crippen LogP contribution < -0.4 is 0 Å². The van der Waals surface area contributed by atoms with Gasteiger partial charge in [-0.25, -0.2) is 0 Å². The highest BCUT2D eigenvalue weighted by Crippen LogP contribution is 2.30. The minimum atomic E-state index is -0.607. The Bertz CT molecular complexity index is 891. The van der Waals surface area contributed by atoms with Crippen LogP contribution in [0.4, 0.5) is 5.00 Å². The fourth-order valence-electron chi connectivity index (χ4n) is 2.91. The summed E-state index contributed by atoms with van der Waals surface area (Å²) in [7, 11) is 3.10. The molecule has 7 nitrogen and oxygen atoms in total. The number of hydrogen-bond donors (Lipinski definition) is 0. The van der Waals surface area contributed by atoms with Crippen LogP contribution in [0.1, 0.15) is 11.1 Å². The maximum absolute atomic E-state index is 12.8. The predicted octanol–water partition coefficient (Wildman–Crippen LogP) is 2.54. The van der Waals surface area contributed by atoms with E-state index in [0.29, 0.717) is 12.0 Å². The summed E-state index contributed by atoms with van der Waals surface area (Å²) in [6.45, 7) is 0. The first-order chi connectivity index (χ1) is 12.4. The number of piperazine rings is 1. The number of carbonyl (C=O) groups excluding carboxylic acids is 2. The van der Waals surface area contributed by atoms with Gasteiger partial charge >= 0.3 is 5.00 Å². The van der Waals surface area contributed by atoms with Crippen molar-refractivity contribution in [2.45, 2.75) is 12.5 Å². The Labute approximate surface area is 154 Å². The van der Waals surface area contributed by atoms with Crippen LogP contribution in [0.15, 0.2) is 47.5 Å². The summed E-state index contributed by atoms with van der Waals surface area (Å²) in [5, 5.41) is 12.6. The largest absolute Gasteiger partial charge is 0.331 e. The van der Waals surface area contributed by atoms with E-state index in [-0.39, 0.29) is 22.5 Å². The molecule has 0 spiro atoms. The molecular weight excluding hydrogens is 354 g/mol. The van der Waals surface area contributed by atoms with Gasteiger partial charge in [0, 0.05) is 20.5 Å². The van der Waals surface area contributed by atoms with E-state index in [1.165, 1.54) is 22.9 Å². The maximum Gasteiger partial charge on any atom is 0.331 e. The van der Waals surface area contributed by atoms with Crippen molar-refractivity contribution in [2.75, 3.05) is 14.1 Å². The highest BCUT2D eigenvalue weighted by molar-refractivity contribution is 7.13. The monoisotopic (exact) mass is 371 g/mol. The third-order valence-electron chi connectivity index (χ3n) is 4.39. The molecule has 26 heavy (non-hydrogen) atoms. The average Bonchev–Trinajstić information content (AvgIpc) is 3.10. The lowest BCUT2D eigenvalue weighted by atomic mass is 10.0. The number of nitro groups is 1. The van der Waals surface area contributed by atoms with Crippen LogP contribution in [-0.4, -0.2) is 46.7 Å². The van der Waals surface area contributed by atoms with Crippen molar-refractivity contribution in [3.8, 4) is 0 Å². The number of likely N-dealkylation sites (N-methyl/N-ethyl adjacent to an activating group) is 2. The molecule has 1 fully saturated rings. The molecule has 0 saturated carbocycles. The molecule has 1 aromatic heterocycles. The van der Waals surface area contributed by atoms with Crippen LogP contribution in [0.2, 0.25) is 0 Å². The molecule has 0 bridgehead atoms. The predicted molar refractivity (Wildman–Crippen MR) is 98.4 cm³/mol. The molecule has 134 valence electrons. The Morgan fingerprint density at radius 3 is 2.54 bits per heavy atom. The number of amides is 2. The first-order valence-electron chi connectivity index (χ1n) is 7.92. The van der Waals surface area contributed by atoms with E-state index in [2.05, 4.69) is 0 Å². The zero-order valence-electron chi connectivity index (χ0n) is 14.3. The molecule has 0 radical (unpaired) electrons. The molecule has 1 atom stereocenters. The molecule has 1 unspecified atom stereocenters. The van der Waals surface area contributed by atoms with Crippen LogP contribution in [0.3, 0.4) is 0 Å². The number of nitrogens with zero attached hydrogens (tertiary/aromatic N) is 3. The fourth-order valence-corrected chi connectivity index (χ4v) is 3.60. The first kappa shape index (κ1) is 17.8. The topological polar surface area (TPSA) is 83.8 Å². The zero-order chi connectivity index (χ0) is 18.8. The summed E-state index contributed by atoms with van der Waals surface area (Å²) in [6, 6.07) is 10.4. The van der Waals surface area contributed by atoms with E-state index in [0.717, 1.165) is 16.9 Å².